The first kappa shape index (κ1) is 13.8. The summed E-state index contributed by atoms with van der Waals surface area (Å²) in [6, 6.07) is 0. The van der Waals surface area contributed by atoms with E-state index in [2.05, 4.69) is 31.0 Å². The topological polar surface area (TPSA) is 28.2 Å². The first-order valence-electron chi connectivity index (χ1n) is 7.04. The summed E-state index contributed by atoms with van der Waals surface area (Å²) < 4.78 is 0. The maximum absolute atomic E-state index is 4.92. The molecule has 1 N–H and O–H groups in total. The van der Waals surface area contributed by atoms with Gasteiger partial charge in [-0.05, 0) is 32.7 Å². The third-order valence-electron chi connectivity index (χ3n) is 3.26. The van der Waals surface area contributed by atoms with Gasteiger partial charge in [0.1, 0.15) is 0 Å². The molecule has 1 aromatic rings. The van der Waals surface area contributed by atoms with Crippen LogP contribution < -0.4 is 10.2 Å². The Morgan fingerprint density at radius 1 is 1.44 bits per heavy atom. The summed E-state index contributed by atoms with van der Waals surface area (Å²) in [6.45, 7) is 9.88. The van der Waals surface area contributed by atoms with E-state index in [-0.39, 0.29) is 0 Å². The Labute approximate surface area is 115 Å². The Kier molecular flexibility index (Phi) is 4.62. The lowest BCUT2D eigenvalue weighted by Gasteiger charge is -2.21. The highest BCUT2D eigenvalue weighted by molar-refractivity contribution is 7.15. The zero-order valence-corrected chi connectivity index (χ0v) is 12.8. The SMILES string of the molecule is CCN(CC(C)C)c1nc(C2CC2)c(CNC)s1. The highest BCUT2D eigenvalue weighted by atomic mass is 32.1. The highest BCUT2D eigenvalue weighted by Crippen LogP contribution is 2.44. The van der Waals surface area contributed by atoms with Crippen molar-refractivity contribution in [1.29, 1.82) is 0 Å². The number of hydrogen-bond donors (Lipinski definition) is 1. The van der Waals surface area contributed by atoms with Gasteiger partial charge in [0.15, 0.2) is 5.13 Å². The Balaban J connectivity index is 2.18. The van der Waals surface area contributed by atoms with Gasteiger partial charge in [-0.1, -0.05) is 13.8 Å². The summed E-state index contributed by atoms with van der Waals surface area (Å²) in [5.74, 6) is 1.43. The normalized spacial score (nSPS) is 15.4. The molecule has 1 aliphatic carbocycles. The molecule has 0 amide bonds. The molecule has 0 atom stereocenters. The number of nitrogens with zero attached hydrogens (tertiary/aromatic N) is 2. The number of anilines is 1. The van der Waals surface area contributed by atoms with Gasteiger partial charge < -0.3 is 10.2 Å². The van der Waals surface area contributed by atoms with Crippen LogP contribution in [0.15, 0.2) is 0 Å². The zero-order chi connectivity index (χ0) is 13.1. The van der Waals surface area contributed by atoms with Crippen LogP contribution in [0.2, 0.25) is 0 Å². The summed E-state index contributed by atoms with van der Waals surface area (Å²) >= 11 is 1.88. The van der Waals surface area contributed by atoms with E-state index in [9.17, 15) is 0 Å². The summed E-state index contributed by atoms with van der Waals surface area (Å²) in [7, 11) is 2.02. The molecule has 1 aromatic heterocycles. The van der Waals surface area contributed by atoms with E-state index >= 15 is 0 Å². The molecule has 0 bridgehead atoms. The average molecular weight is 267 g/mol. The van der Waals surface area contributed by atoms with E-state index in [1.807, 2.05) is 18.4 Å². The Morgan fingerprint density at radius 2 is 2.17 bits per heavy atom. The van der Waals surface area contributed by atoms with Gasteiger partial charge in [-0.25, -0.2) is 4.98 Å². The van der Waals surface area contributed by atoms with E-state index < -0.39 is 0 Å². The van der Waals surface area contributed by atoms with Gasteiger partial charge in [0.25, 0.3) is 0 Å². The van der Waals surface area contributed by atoms with Crippen molar-refractivity contribution in [1.82, 2.24) is 10.3 Å². The number of thiazole rings is 1. The molecule has 0 unspecified atom stereocenters. The van der Waals surface area contributed by atoms with Gasteiger partial charge in [0.2, 0.25) is 0 Å². The van der Waals surface area contributed by atoms with Crippen molar-refractivity contribution in [2.45, 2.75) is 46.1 Å². The van der Waals surface area contributed by atoms with Crippen LogP contribution in [0.4, 0.5) is 5.13 Å². The minimum Gasteiger partial charge on any atom is -0.348 e. The lowest BCUT2D eigenvalue weighted by molar-refractivity contribution is 0.617. The van der Waals surface area contributed by atoms with Crippen molar-refractivity contribution >= 4 is 16.5 Å². The van der Waals surface area contributed by atoms with Gasteiger partial charge in [-0.2, -0.15) is 0 Å². The summed E-state index contributed by atoms with van der Waals surface area (Å²) in [6.07, 6.45) is 2.66. The van der Waals surface area contributed by atoms with Crippen LogP contribution in [0.1, 0.15) is 50.1 Å². The van der Waals surface area contributed by atoms with Gasteiger partial charge in [-0.3, -0.25) is 0 Å². The number of rotatable bonds is 7. The van der Waals surface area contributed by atoms with Gasteiger partial charge in [-0.15, -0.1) is 11.3 Å². The molecule has 18 heavy (non-hydrogen) atoms. The molecule has 0 radical (unpaired) electrons. The summed E-state index contributed by atoms with van der Waals surface area (Å²) in [4.78, 5) is 8.78. The van der Waals surface area contributed by atoms with Crippen LogP contribution in [-0.4, -0.2) is 25.1 Å². The van der Waals surface area contributed by atoms with E-state index in [0.29, 0.717) is 5.92 Å². The first-order valence-corrected chi connectivity index (χ1v) is 7.86. The van der Waals surface area contributed by atoms with Crippen LogP contribution in [0.25, 0.3) is 0 Å². The molecule has 1 fully saturated rings. The smallest absolute Gasteiger partial charge is 0.185 e. The minimum atomic E-state index is 0.686. The van der Waals surface area contributed by atoms with Crippen molar-refractivity contribution in [2.24, 2.45) is 5.92 Å². The second kappa shape index (κ2) is 6.02. The molecule has 102 valence electrons. The van der Waals surface area contributed by atoms with Crippen molar-refractivity contribution in [2.75, 3.05) is 25.0 Å². The van der Waals surface area contributed by atoms with Crippen LogP contribution in [0.5, 0.6) is 0 Å². The molecule has 0 aromatic carbocycles. The summed E-state index contributed by atoms with van der Waals surface area (Å²) in [5, 5.41) is 4.49. The maximum Gasteiger partial charge on any atom is 0.185 e. The molecule has 0 aliphatic heterocycles. The van der Waals surface area contributed by atoms with E-state index in [1.165, 1.54) is 28.5 Å². The first-order chi connectivity index (χ1) is 8.65. The van der Waals surface area contributed by atoms with Crippen molar-refractivity contribution in [3.63, 3.8) is 0 Å². The molecule has 4 heteroatoms. The lowest BCUT2D eigenvalue weighted by Crippen LogP contribution is -2.27. The predicted octanol–water partition coefficient (Wildman–Crippen LogP) is 3.22. The van der Waals surface area contributed by atoms with Gasteiger partial charge >= 0.3 is 0 Å². The Bertz CT molecular complexity index is 382. The van der Waals surface area contributed by atoms with E-state index in [1.54, 1.807) is 0 Å². The predicted molar refractivity (Wildman–Crippen MR) is 79.6 cm³/mol. The van der Waals surface area contributed by atoms with Crippen molar-refractivity contribution in [3.05, 3.63) is 10.6 Å². The fraction of sp³-hybridized carbons (Fsp3) is 0.786. The molecule has 3 nitrogen and oxygen atoms in total. The van der Waals surface area contributed by atoms with Crippen molar-refractivity contribution in [3.8, 4) is 0 Å². The third kappa shape index (κ3) is 3.23. The van der Waals surface area contributed by atoms with Crippen molar-refractivity contribution < 1.29 is 0 Å². The summed E-state index contributed by atoms with van der Waals surface area (Å²) in [5.41, 5.74) is 1.37. The molecule has 1 aliphatic rings. The standard InChI is InChI=1S/C14H25N3S/c1-5-17(9-10(2)3)14-16-13(11-6-7-11)12(18-14)8-15-4/h10-11,15H,5-9H2,1-4H3. The zero-order valence-electron chi connectivity index (χ0n) is 12.0. The van der Waals surface area contributed by atoms with Gasteiger partial charge in [0, 0.05) is 30.4 Å². The van der Waals surface area contributed by atoms with Crippen LogP contribution in [-0.2, 0) is 6.54 Å². The Morgan fingerprint density at radius 3 is 2.67 bits per heavy atom. The second-order valence-corrected chi connectivity index (χ2v) is 6.60. The highest BCUT2D eigenvalue weighted by Gasteiger charge is 2.30. The maximum atomic E-state index is 4.92. The molecule has 0 spiro atoms. The molecule has 0 saturated heterocycles. The molecular weight excluding hydrogens is 242 g/mol. The number of nitrogens with one attached hydrogen (secondary N) is 1. The molecule has 1 saturated carbocycles. The van der Waals surface area contributed by atoms with Gasteiger partial charge in [0.05, 0.1) is 5.69 Å². The fourth-order valence-electron chi connectivity index (χ4n) is 2.23. The lowest BCUT2D eigenvalue weighted by atomic mass is 10.2. The largest absolute Gasteiger partial charge is 0.348 e. The average Bonchev–Trinajstić information content (AvgIpc) is 3.09. The molecule has 1 heterocycles. The fourth-order valence-corrected chi connectivity index (χ4v) is 3.46. The van der Waals surface area contributed by atoms with Crippen LogP contribution in [0.3, 0.4) is 0 Å². The monoisotopic (exact) mass is 267 g/mol. The number of aromatic nitrogens is 1. The quantitative estimate of drug-likeness (QED) is 0.822. The minimum absolute atomic E-state index is 0.686. The number of hydrogen-bond acceptors (Lipinski definition) is 4. The third-order valence-corrected chi connectivity index (χ3v) is 4.39. The van der Waals surface area contributed by atoms with Crippen LogP contribution in [0, 0.1) is 5.92 Å². The van der Waals surface area contributed by atoms with E-state index in [0.717, 1.165) is 25.6 Å². The van der Waals surface area contributed by atoms with E-state index in [4.69, 9.17) is 4.98 Å². The Hall–Kier alpha value is -0.610. The molecule has 2 rings (SSSR count). The molecular formula is C14H25N3S. The second-order valence-electron chi connectivity index (χ2n) is 5.54. The van der Waals surface area contributed by atoms with Crippen LogP contribution >= 0.6 is 11.3 Å².